The maximum Gasteiger partial charge on any atom is 0.333 e. The van der Waals surface area contributed by atoms with Gasteiger partial charge in [-0.05, 0) is 38.0 Å². The van der Waals surface area contributed by atoms with Crippen LogP contribution in [0, 0.1) is 17.3 Å². The molecule has 3 aliphatic rings. The molecule has 0 aromatic heterocycles. The zero-order chi connectivity index (χ0) is 13.1. The second-order valence-electron chi connectivity index (χ2n) is 6.48. The molecule has 3 heteroatoms. The molecule has 18 heavy (non-hydrogen) atoms. The molecule has 3 nitrogen and oxygen atoms in total. The third kappa shape index (κ3) is 1.37. The Morgan fingerprint density at radius 2 is 2.17 bits per heavy atom. The summed E-state index contributed by atoms with van der Waals surface area (Å²) in [6.45, 7) is 6.20. The zero-order valence-electron chi connectivity index (χ0n) is 11.2. The first-order valence-electron chi connectivity index (χ1n) is 6.68. The van der Waals surface area contributed by atoms with E-state index in [9.17, 15) is 9.90 Å². The molecular formula is C15H20O3. The van der Waals surface area contributed by atoms with Crippen LogP contribution in [0.5, 0.6) is 0 Å². The van der Waals surface area contributed by atoms with E-state index in [0.717, 1.165) is 24.8 Å². The van der Waals surface area contributed by atoms with E-state index in [1.165, 1.54) is 11.6 Å². The second-order valence-corrected chi connectivity index (χ2v) is 6.48. The number of aliphatic hydroxyl groups is 1. The van der Waals surface area contributed by atoms with Gasteiger partial charge >= 0.3 is 5.97 Å². The Balaban J connectivity index is 2.07. The highest BCUT2D eigenvalue weighted by Gasteiger charge is 2.61. The molecule has 0 saturated heterocycles. The van der Waals surface area contributed by atoms with Crippen molar-refractivity contribution >= 4 is 5.97 Å². The molecule has 3 atom stereocenters. The lowest BCUT2D eigenvalue weighted by molar-refractivity contribution is -0.247. The molecule has 0 unspecified atom stereocenters. The molecule has 3 rings (SSSR count). The van der Waals surface area contributed by atoms with Gasteiger partial charge in [0.15, 0.2) is 0 Å². The van der Waals surface area contributed by atoms with E-state index in [4.69, 9.17) is 4.74 Å². The van der Waals surface area contributed by atoms with Gasteiger partial charge in [-0.2, -0.15) is 0 Å². The summed E-state index contributed by atoms with van der Waals surface area (Å²) >= 11 is 0. The van der Waals surface area contributed by atoms with Crippen LogP contribution in [-0.4, -0.2) is 16.9 Å². The van der Waals surface area contributed by atoms with Crippen LogP contribution in [0.2, 0.25) is 0 Å². The van der Waals surface area contributed by atoms with Gasteiger partial charge in [-0.25, -0.2) is 4.79 Å². The summed E-state index contributed by atoms with van der Waals surface area (Å²) in [5.41, 5.74) is 1.75. The highest BCUT2D eigenvalue weighted by Crippen LogP contribution is 2.58. The van der Waals surface area contributed by atoms with Crippen LogP contribution in [0.4, 0.5) is 0 Å². The maximum absolute atomic E-state index is 11.5. The quantitative estimate of drug-likeness (QED) is 0.529. The molecule has 98 valence electrons. The van der Waals surface area contributed by atoms with Crippen LogP contribution in [0.25, 0.3) is 0 Å². The normalized spacial score (nSPS) is 41.4. The summed E-state index contributed by atoms with van der Waals surface area (Å²) in [6, 6.07) is 0. The van der Waals surface area contributed by atoms with Crippen LogP contribution in [0.15, 0.2) is 23.3 Å². The minimum atomic E-state index is -1.38. The first-order valence-corrected chi connectivity index (χ1v) is 6.68. The van der Waals surface area contributed by atoms with Crippen molar-refractivity contribution in [3.63, 3.8) is 0 Å². The van der Waals surface area contributed by atoms with Gasteiger partial charge in [-0.3, -0.25) is 0 Å². The Morgan fingerprint density at radius 1 is 1.44 bits per heavy atom. The standard InChI is InChI=1S/C15H20O3/c1-9-4-5-12-10(6-9)7-11-8-13(16)18-15(11,17)14(12,2)3/h6,8,10,12,17H,4-5,7H2,1-3H3/t10-,12-,15-/m1/s1. The molecule has 1 aliphatic heterocycles. The molecule has 0 radical (unpaired) electrons. The third-order valence-electron chi connectivity index (χ3n) is 5.10. The van der Waals surface area contributed by atoms with E-state index in [1.54, 1.807) is 0 Å². The summed E-state index contributed by atoms with van der Waals surface area (Å²) < 4.78 is 5.25. The van der Waals surface area contributed by atoms with Crippen molar-refractivity contribution in [3.8, 4) is 0 Å². The van der Waals surface area contributed by atoms with E-state index < -0.39 is 17.2 Å². The Hall–Kier alpha value is -1.09. The summed E-state index contributed by atoms with van der Waals surface area (Å²) in [4.78, 5) is 11.5. The summed E-state index contributed by atoms with van der Waals surface area (Å²) in [5.74, 6) is -0.992. The number of rotatable bonds is 0. The number of ether oxygens (including phenoxy) is 1. The molecule has 1 saturated carbocycles. The molecule has 0 bridgehead atoms. The van der Waals surface area contributed by atoms with Gasteiger partial charge in [0, 0.05) is 17.1 Å². The number of fused-ring (bicyclic) bond motifs is 2. The van der Waals surface area contributed by atoms with Gasteiger partial charge in [0.05, 0.1) is 0 Å². The number of hydrogen-bond acceptors (Lipinski definition) is 3. The van der Waals surface area contributed by atoms with E-state index in [1.807, 2.05) is 13.8 Å². The van der Waals surface area contributed by atoms with Gasteiger partial charge in [-0.15, -0.1) is 0 Å². The molecule has 0 aromatic carbocycles. The highest BCUT2D eigenvalue weighted by molar-refractivity contribution is 5.86. The number of carbonyl (C=O) groups is 1. The largest absolute Gasteiger partial charge is 0.425 e. The molecule has 1 fully saturated rings. The summed E-state index contributed by atoms with van der Waals surface area (Å²) in [5, 5.41) is 10.8. The predicted octanol–water partition coefficient (Wildman–Crippen LogP) is 2.56. The Kier molecular flexibility index (Phi) is 2.31. The Bertz CT molecular complexity index is 472. The first-order chi connectivity index (χ1) is 8.34. The molecule has 0 amide bonds. The minimum absolute atomic E-state index is 0.370. The molecule has 1 N–H and O–H groups in total. The lowest BCUT2D eigenvalue weighted by Gasteiger charge is -2.53. The van der Waals surface area contributed by atoms with Crippen molar-refractivity contribution in [2.75, 3.05) is 0 Å². The highest BCUT2D eigenvalue weighted by atomic mass is 16.7. The monoisotopic (exact) mass is 248 g/mol. The average Bonchev–Trinajstić information content (AvgIpc) is 2.54. The van der Waals surface area contributed by atoms with Crippen molar-refractivity contribution in [1.82, 2.24) is 0 Å². The van der Waals surface area contributed by atoms with Gasteiger partial charge < -0.3 is 9.84 Å². The Labute approximate surface area is 108 Å². The van der Waals surface area contributed by atoms with Crippen LogP contribution in [-0.2, 0) is 9.53 Å². The van der Waals surface area contributed by atoms with Crippen LogP contribution in [0.1, 0.15) is 40.0 Å². The Morgan fingerprint density at radius 3 is 2.89 bits per heavy atom. The van der Waals surface area contributed by atoms with E-state index in [2.05, 4.69) is 13.0 Å². The number of allylic oxidation sites excluding steroid dienone is 2. The minimum Gasteiger partial charge on any atom is -0.425 e. The maximum atomic E-state index is 11.5. The van der Waals surface area contributed by atoms with Crippen molar-refractivity contribution < 1.29 is 14.6 Å². The van der Waals surface area contributed by atoms with Crippen molar-refractivity contribution in [1.29, 1.82) is 0 Å². The van der Waals surface area contributed by atoms with Gasteiger partial charge in [0.25, 0.3) is 0 Å². The second kappa shape index (κ2) is 3.47. The lowest BCUT2D eigenvalue weighted by Crippen LogP contribution is -2.56. The topological polar surface area (TPSA) is 46.5 Å². The van der Waals surface area contributed by atoms with Crippen molar-refractivity contribution in [3.05, 3.63) is 23.3 Å². The summed E-state index contributed by atoms with van der Waals surface area (Å²) in [7, 11) is 0. The molecular weight excluding hydrogens is 228 g/mol. The molecule has 1 heterocycles. The van der Waals surface area contributed by atoms with Gasteiger partial charge in [0.1, 0.15) is 0 Å². The SMILES string of the molecule is CC1=C[C@@H]2CC3=CC(=O)O[C@@]3(O)C(C)(C)[C@@H]2CC1. The summed E-state index contributed by atoms with van der Waals surface area (Å²) in [6.07, 6.45) is 6.68. The molecule has 0 spiro atoms. The van der Waals surface area contributed by atoms with Crippen LogP contribution < -0.4 is 0 Å². The molecule has 2 aliphatic carbocycles. The van der Waals surface area contributed by atoms with Gasteiger partial charge in [0.2, 0.25) is 5.79 Å². The third-order valence-corrected chi connectivity index (χ3v) is 5.10. The van der Waals surface area contributed by atoms with Crippen LogP contribution in [0.3, 0.4) is 0 Å². The predicted molar refractivity (Wildman–Crippen MR) is 67.5 cm³/mol. The average molecular weight is 248 g/mol. The smallest absolute Gasteiger partial charge is 0.333 e. The fourth-order valence-corrected chi connectivity index (χ4v) is 3.99. The zero-order valence-corrected chi connectivity index (χ0v) is 11.2. The van der Waals surface area contributed by atoms with Crippen molar-refractivity contribution in [2.45, 2.75) is 45.8 Å². The number of carbonyl (C=O) groups excluding carboxylic acids is 1. The van der Waals surface area contributed by atoms with E-state index in [-0.39, 0.29) is 0 Å². The van der Waals surface area contributed by atoms with Crippen LogP contribution >= 0.6 is 0 Å². The number of hydrogen-bond donors (Lipinski definition) is 1. The van der Waals surface area contributed by atoms with Gasteiger partial charge in [-0.1, -0.05) is 25.5 Å². The van der Waals surface area contributed by atoms with Crippen molar-refractivity contribution in [2.24, 2.45) is 17.3 Å². The first kappa shape index (κ1) is 12.0. The fourth-order valence-electron chi connectivity index (χ4n) is 3.99. The van der Waals surface area contributed by atoms with E-state index >= 15 is 0 Å². The lowest BCUT2D eigenvalue weighted by atomic mass is 9.56. The fraction of sp³-hybridized carbons (Fsp3) is 0.667. The molecule has 0 aromatic rings. The van der Waals surface area contributed by atoms with E-state index in [0.29, 0.717) is 11.8 Å². The number of esters is 1.